The maximum Gasteiger partial charge on any atom is 0.210 e. The summed E-state index contributed by atoms with van der Waals surface area (Å²) in [6.07, 6.45) is 0. The van der Waals surface area contributed by atoms with Crippen LogP contribution in [0.25, 0.3) is 0 Å². The molecule has 92 valence electrons. The second-order valence-electron chi connectivity index (χ2n) is 2.98. The van der Waals surface area contributed by atoms with Crippen LogP contribution in [0.4, 0.5) is 0 Å². The fourth-order valence-electron chi connectivity index (χ4n) is 1.13. The minimum Gasteiger partial charge on any atom is -0.297 e. The minimum atomic E-state index is -3.86. The molecule has 0 radical (unpaired) electrons. The first kappa shape index (κ1) is 15.3. The Labute approximate surface area is 102 Å². The van der Waals surface area contributed by atoms with Crippen molar-refractivity contribution in [3.8, 4) is 6.07 Å². The lowest BCUT2D eigenvalue weighted by atomic mass is 10.3. The van der Waals surface area contributed by atoms with Gasteiger partial charge >= 0.3 is 0 Å². The fraction of sp³-hybridized carbons (Fsp3) is 0.333. The van der Waals surface area contributed by atoms with E-state index in [0.717, 1.165) is 6.92 Å². The largest absolute Gasteiger partial charge is 0.297 e. The highest BCUT2D eigenvalue weighted by Crippen LogP contribution is 2.15. The number of sulfone groups is 1. The summed E-state index contributed by atoms with van der Waals surface area (Å²) in [4.78, 5) is 11.0. The standard InChI is InChI=1S/C10H9NO3S.C2H6/c1-8(12)10(7-11)15(13,14)9-5-3-2-4-6-9;1-2/h2-6,10H,1H3;1-2H3. The lowest BCUT2D eigenvalue weighted by molar-refractivity contribution is -0.115. The van der Waals surface area contributed by atoms with E-state index in [-0.39, 0.29) is 4.90 Å². The smallest absolute Gasteiger partial charge is 0.210 e. The van der Waals surface area contributed by atoms with E-state index in [2.05, 4.69) is 0 Å². The highest BCUT2D eigenvalue weighted by molar-refractivity contribution is 7.93. The number of hydrogen-bond acceptors (Lipinski definition) is 4. The lowest BCUT2D eigenvalue weighted by Gasteiger charge is -2.06. The zero-order chi connectivity index (χ0) is 13.5. The third-order valence-electron chi connectivity index (χ3n) is 1.87. The summed E-state index contributed by atoms with van der Waals surface area (Å²) in [5.74, 6) is -0.665. The Kier molecular flexibility index (Phi) is 6.15. The number of benzene rings is 1. The van der Waals surface area contributed by atoms with Crippen molar-refractivity contribution in [1.82, 2.24) is 0 Å². The van der Waals surface area contributed by atoms with Gasteiger partial charge in [-0.1, -0.05) is 32.0 Å². The van der Waals surface area contributed by atoms with Crippen LogP contribution in [-0.2, 0) is 14.6 Å². The van der Waals surface area contributed by atoms with Gasteiger partial charge in [-0.25, -0.2) is 8.42 Å². The van der Waals surface area contributed by atoms with Crippen molar-refractivity contribution >= 4 is 15.6 Å². The van der Waals surface area contributed by atoms with Gasteiger partial charge in [0.25, 0.3) is 0 Å². The lowest BCUT2D eigenvalue weighted by Crippen LogP contribution is -2.26. The molecule has 1 rings (SSSR count). The first-order chi connectivity index (χ1) is 8.00. The van der Waals surface area contributed by atoms with Crippen LogP contribution in [0.15, 0.2) is 35.2 Å². The summed E-state index contributed by atoms with van der Waals surface area (Å²) in [5, 5.41) is 7.03. The predicted molar refractivity (Wildman–Crippen MR) is 65.1 cm³/mol. The maximum atomic E-state index is 11.8. The minimum absolute atomic E-state index is 0.00764. The molecule has 0 N–H and O–H groups in total. The molecule has 0 aliphatic carbocycles. The van der Waals surface area contributed by atoms with Crippen LogP contribution in [0.1, 0.15) is 20.8 Å². The van der Waals surface area contributed by atoms with Crippen molar-refractivity contribution in [3.63, 3.8) is 0 Å². The van der Waals surface area contributed by atoms with Crippen molar-refractivity contribution < 1.29 is 13.2 Å². The van der Waals surface area contributed by atoms with Crippen LogP contribution in [0.3, 0.4) is 0 Å². The molecule has 17 heavy (non-hydrogen) atoms. The van der Waals surface area contributed by atoms with Crippen LogP contribution in [0, 0.1) is 11.3 Å². The third-order valence-corrected chi connectivity index (χ3v) is 3.86. The topological polar surface area (TPSA) is 75.0 Å². The Balaban J connectivity index is 0.00000121. The highest BCUT2D eigenvalue weighted by atomic mass is 32.2. The highest BCUT2D eigenvalue weighted by Gasteiger charge is 2.31. The predicted octanol–water partition coefficient (Wildman–Crippen LogP) is 1.97. The van der Waals surface area contributed by atoms with Crippen LogP contribution in [0.2, 0.25) is 0 Å². The molecule has 0 saturated carbocycles. The second-order valence-corrected chi connectivity index (χ2v) is 5.01. The normalized spacial score (nSPS) is 11.6. The zero-order valence-corrected chi connectivity index (χ0v) is 10.9. The molecule has 0 amide bonds. The van der Waals surface area contributed by atoms with Gasteiger partial charge in [-0.2, -0.15) is 5.26 Å². The monoisotopic (exact) mass is 253 g/mol. The van der Waals surface area contributed by atoms with Gasteiger partial charge < -0.3 is 0 Å². The summed E-state index contributed by atoms with van der Waals surface area (Å²) in [6.45, 7) is 5.09. The second kappa shape index (κ2) is 6.81. The van der Waals surface area contributed by atoms with Gasteiger partial charge in [0.2, 0.25) is 15.1 Å². The van der Waals surface area contributed by atoms with Gasteiger partial charge in [0.15, 0.2) is 5.78 Å². The Hall–Kier alpha value is -1.67. The number of Topliss-reactive ketones (excluding diaryl/α,β-unsaturated/α-hetero) is 1. The number of nitrogens with zero attached hydrogens (tertiary/aromatic N) is 1. The molecule has 1 aromatic rings. The summed E-state index contributed by atoms with van der Waals surface area (Å²) < 4.78 is 23.5. The van der Waals surface area contributed by atoms with Crippen LogP contribution in [-0.4, -0.2) is 19.5 Å². The maximum absolute atomic E-state index is 11.8. The third kappa shape index (κ3) is 3.68. The fourth-order valence-corrected chi connectivity index (χ4v) is 2.51. The SMILES string of the molecule is CC.CC(=O)C(C#N)S(=O)(=O)c1ccccc1. The van der Waals surface area contributed by atoms with E-state index in [1.807, 2.05) is 13.8 Å². The van der Waals surface area contributed by atoms with E-state index in [9.17, 15) is 13.2 Å². The van der Waals surface area contributed by atoms with Crippen LogP contribution >= 0.6 is 0 Å². The van der Waals surface area contributed by atoms with Gasteiger partial charge in [-0.05, 0) is 19.1 Å². The number of hydrogen-bond donors (Lipinski definition) is 0. The van der Waals surface area contributed by atoms with E-state index in [1.165, 1.54) is 18.2 Å². The Morgan fingerprint density at radius 3 is 2.06 bits per heavy atom. The molecule has 0 saturated heterocycles. The van der Waals surface area contributed by atoms with Crippen molar-refractivity contribution in [2.45, 2.75) is 30.9 Å². The molecule has 0 aliphatic heterocycles. The first-order valence-electron chi connectivity index (χ1n) is 5.19. The van der Waals surface area contributed by atoms with E-state index >= 15 is 0 Å². The molecular weight excluding hydrogens is 238 g/mol. The first-order valence-corrected chi connectivity index (χ1v) is 6.74. The molecule has 5 heteroatoms. The molecule has 1 aromatic carbocycles. The average molecular weight is 253 g/mol. The Bertz CT molecular complexity index is 500. The molecule has 0 spiro atoms. The number of carbonyl (C=O) groups excluding carboxylic acids is 1. The molecular formula is C12H15NO3S. The number of ketones is 1. The molecule has 0 aliphatic rings. The van der Waals surface area contributed by atoms with Crippen molar-refractivity contribution in [2.75, 3.05) is 0 Å². The van der Waals surface area contributed by atoms with E-state index < -0.39 is 20.9 Å². The van der Waals surface area contributed by atoms with Gasteiger partial charge in [0.1, 0.15) is 0 Å². The van der Waals surface area contributed by atoms with E-state index in [1.54, 1.807) is 18.2 Å². The summed E-state index contributed by atoms with van der Waals surface area (Å²) in [7, 11) is -3.86. The Morgan fingerprint density at radius 1 is 1.24 bits per heavy atom. The van der Waals surface area contributed by atoms with Crippen molar-refractivity contribution in [2.24, 2.45) is 0 Å². The van der Waals surface area contributed by atoms with E-state index in [4.69, 9.17) is 5.26 Å². The number of rotatable bonds is 3. The molecule has 4 nitrogen and oxygen atoms in total. The number of carbonyl (C=O) groups is 1. The number of nitriles is 1. The summed E-state index contributed by atoms with van der Waals surface area (Å²) in [6, 6.07) is 8.98. The summed E-state index contributed by atoms with van der Waals surface area (Å²) in [5.41, 5.74) is 0. The van der Waals surface area contributed by atoms with Crippen molar-refractivity contribution in [3.05, 3.63) is 30.3 Å². The molecule has 0 aromatic heterocycles. The van der Waals surface area contributed by atoms with Gasteiger partial charge in [0, 0.05) is 0 Å². The van der Waals surface area contributed by atoms with Gasteiger partial charge in [-0.15, -0.1) is 0 Å². The van der Waals surface area contributed by atoms with Crippen molar-refractivity contribution in [1.29, 1.82) is 5.26 Å². The quantitative estimate of drug-likeness (QED) is 0.825. The average Bonchev–Trinajstić information content (AvgIpc) is 2.33. The zero-order valence-electron chi connectivity index (χ0n) is 10.0. The molecule has 1 unspecified atom stereocenters. The van der Waals surface area contributed by atoms with Crippen LogP contribution < -0.4 is 0 Å². The van der Waals surface area contributed by atoms with Gasteiger partial charge in [0.05, 0.1) is 11.0 Å². The van der Waals surface area contributed by atoms with E-state index in [0.29, 0.717) is 0 Å². The molecule has 0 heterocycles. The van der Waals surface area contributed by atoms with Crippen LogP contribution in [0.5, 0.6) is 0 Å². The Morgan fingerprint density at radius 2 is 1.71 bits per heavy atom. The molecule has 0 bridgehead atoms. The molecule has 0 fully saturated rings. The van der Waals surface area contributed by atoms with Gasteiger partial charge in [-0.3, -0.25) is 4.79 Å². The summed E-state index contributed by atoms with van der Waals surface area (Å²) >= 11 is 0. The molecule has 1 atom stereocenters.